The van der Waals surface area contributed by atoms with Gasteiger partial charge in [-0.25, -0.2) is 9.78 Å². The first kappa shape index (κ1) is 18.9. The van der Waals surface area contributed by atoms with Crippen LogP contribution in [-0.4, -0.2) is 51.1 Å². The molecule has 1 aromatic carbocycles. The van der Waals surface area contributed by atoms with E-state index in [1.54, 1.807) is 11.0 Å². The lowest BCUT2D eigenvalue weighted by atomic mass is 9.98. The van der Waals surface area contributed by atoms with Crippen molar-refractivity contribution in [2.45, 2.75) is 39.2 Å². The fourth-order valence-electron chi connectivity index (χ4n) is 3.16. The van der Waals surface area contributed by atoms with Crippen LogP contribution in [0.15, 0.2) is 18.2 Å². The van der Waals surface area contributed by atoms with Crippen molar-refractivity contribution in [3.63, 3.8) is 0 Å². The molecule has 2 aromatic rings. The van der Waals surface area contributed by atoms with Gasteiger partial charge in [0, 0.05) is 31.8 Å². The Labute approximate surface area is 157 Å². The summed E-state index contributed by atoms with van der Waals surface area (Å²) in [4.78, 5) is 31.9. The first-order valence-electron chi connectivity index (χ1n) is 9.07. The number of carbonyl (C=O) groups excluding carboxylic acids is 1. The summed E-state index contributed by atoms with van der Waals surface area (Å²) in [6.07, 6.45) is 1.67. The summed E-state index contributed by atoms with van der Waals surface area (Å²) in [6, 6.07) is 4.53. The van der Waals surface area contributed by atoms with Crippen LogP contribution in [0, 0.1) is 16.0 Å². The number of anilines is 1. The average Bonchev–Trinajstić information content (AvgIpc) is 3.00. The third-order valence-electron chi connectivity index (χ3n) is 4.41. The molecule has 2 N–H and O–H groups in total. The molecule has 1 aliphatic rings. The van der Waals surface area contributed by atoms with Gasteiger partial charge in [0.25, 0.3) is 5.69 Å². The average molecular weight is 375 g/mol. The molecule has 1 amide bonds. The van der Waals surface area contributed by atoms with E-state index < -0.39 is 10.5 Å². The van der Waals surface area contributed by atoms with Crippen molar-refractivity contribution in [2.75, 3.05) is 25.0 Å². The lowest BCUT2D eigenvalue weighted by molar-refractivity contribution is -0.384. The molecule has 1 unspecified atom stereocenters. The van der Waals surface area contributed by atoms with Gasteiger partial charge in [0.2, 0.25) is 5.95 Å². The van der Waals surface area contributed by atoms with E-state index in [1.807, 2.05) is 20.8 Å². The minimum atomic E-state index is -0.501. The molecule has 27 heavy (non-hydrogen) atoms. The molecule has 3 rings (SSSR count). The van der Waals surface area contributed by atoms with Crippen LogP contribution in [0.4, 0.5) is 16.4 Å². The smallest absolute Gasteiger partial charge is 0.410 e. The SMILES string of the molecule is CC(C)(C)OC(=O)N1CCCC(CNc2nc3ccc([N+](=O)[O-])cc3[nH]2)C1. The Bertz CT molecular complexity index is 842. The van der Waals surface area contributed by atoms with Crippen LogP contribution >= 0.6 is 0 Å². The Morgan fingerprint density at radius 3 is 2.96 bits per heavy atom. The van der Waals surface area contributed by atoms with Gasteiger partial charge in [-0.1, -0.05) is 0 Å². The highest BCUT2D eigenvalue weighted by atomic mass is 16.6. The zero-order valence-corrected chi connectivity index (χ0v) is 15.8. The number of hydrogen-bond acceptors (Lipinski definition) is 6. The van der Waals surface area contributed by atoms with Crippen molar-refractivity contribution in [1.82, 2.24) is 14.9 Å². The summed E-state index contributed by atoms with van der Waals surface area (Å²) in [7, 11) is 0. The van der Waals surface area contributed by atoms with Gasteiger partial charge in [0.05, 0.1) is 16.0 Å². The number of aromatic amines is 1. The molecule has 146 valence electrons. The van der Waals surface area contributed by atoms with Crippen molar-refractivity contribution >= 4 is 28.8 Å². The van der Waals surface area contributed by atoms with Crippen LogP contribution in [0.25, 0.3) is 11.0 Å². The van der Waals surface area contributed by atoms with Crippen LogP contribution in [0.5, 0.6) is 0 Å². The summed E-state index contributed by atoms with van der Waals surface area (Å²) in [6.45, 7) is 7.58. The molecule has 1 aliphatic heterocycles. The molecule has 1 atom stereocenters. The predicted molar refractivity (Wildman–Crippen MR) is 102 cm³/mol. The normalized spacial score (nSPS) is 17.7. The van der Waals surface area contributed by atoms with Crippen molar-refractivity contribution in [3.05, 3.63) is 28.3 Å². The van der Waals surface area contributed by atoms with Crippen molar-refractivity contribution in [1.29, 1.82) is 0 Å². The number of nitro groups is 1. The summed E-state index contributed by atoms with van der Waals surface area (Å²) in [5.41, 5.74) is 0.810. The molecule has 0 radical (unpaired) electrons. The number of ether oxygens (including phenoxy) is 1. The lowest BCUT2D eigenvalue weighted by Gasteiger charge is -2.34. The number of fused-ring (bicyclic) bond motifs is 1. The zero-order chi connectivity index (χ0) is 19.6. The molecular formula is C18H25N5O4. The molecule has 2 heterocycles. The number of H-pyrrole nitrogens is 1. The number of imidazole rings is 1. The third kappa shape index (κ3) is 4.87. The van der Waals surface area contributed by atoms with E-state index in [0.29, 0.717) is 36.6 Å². The Morgan fingerprint density at radius 2 is 2.26 bits per heavy atom. The van der Waals surface area contributed by atoms with Crippen molar-refractivity contribution in [2.24, 2.45) is 5.92 Å². The number of likely N-dealkylation sites (tertiary alicyclic amines) is 1. The summed E-state index contributed by atoms with van der Waals surface area (Å²) < 4.78 is 5.45. The standard InChI is InChI=1S/C18H25N5O4/c1-18(2,3)27-17(24)22-8-4-5-12(11-22)10-19-16-20-14-7-6-13(23(25)26)9-15(14)21-16/h6-7,9,12H,4-5,8,10-11H2,1-3H3,(H2,19,20,21). The predicted octanol–water partition coefficient (Wildman–Crippen LogP) is 3.53. The van der Waals surface area contributed by atoms with E-state index in [1.165, 1.54) is 12.1 Å². The summed E-state index contributed by atoms with van der Waals surface area (Å²) >= 11 is 0. The van der Waals surface area contributed by atoms with Gasteiger partial charge in [0.1, 0.15) is 5.60 Å². The molecule has 0 spiro atoms. The zero-order valence-electron chi connectivity index (χ0n) is 15.8. The maximum absolute atomic E-state index is 12.2. The summed E-state index contributed by atoms with van der Waals surface area (Å²) in [5, 5.41) is 14.1. The number of piperidine rings is 1. The second kappa shape index (κ2) is 7.42. The highest BCUT2D eigenvalue weighted by molar-refractivity contribution is 5.79. The van der Waals surface area contributed by atoms with Crippen molar-refractivity contribution < 1.29 is 14.5 Å². The first-order valence-corrected chi connectivity index (χ1v) is 9.07. The van der Waals surface area contributed by atoms with Crippen LogP contribution < -0.4 is 5.32 Å². The molecule has 1 aromatic heterocycles. The van der Waals surface area contributed by atoms with Crippen molar-refractivity contribution in [3.8, 4) is 0 Å². The Kier molecular flexibility index (Phi) is 5.20. The molecule has 0 aliphatic carbocycles. The Morgan fingerprint density at radius 1 is 1.48 bits per heavy atom. The van der Waals surface area contributed by atoms with Gasteiger partial charge in [-0.3, -0.25) is 10.1 Å². The van der Waals surface area contributed by atoms with Crippen LogP contribution in [0.3, 0.4) is 0 Å². The minimum Gasteiger partial charge on any atom is -0.444 e. The number of carbonyl (C=O) groups is 1. The number of aromatic nitrogens is 2. The minimum absolute atomic E-state index is 0.0259. The molecule has 0 bridgehead atoms. The second-order valence-electron chi connectivity index (χ2n) is 7.86. The van der Waals surface area contributed by atoms with Gasteiger partial charge in [0.15, 0.2) is 0 Å². The van der Waals surface area contributed by atoms with E-state index in [4.69, 9.17) is 4.74 Å². The molecule has 9 heteroatoms. The van der Waals surface area contributed by atoms with E-state index in [9.17, 15) is 14.9 Å². The van der Waals surface area contributed by atoms with E-state index in [-0.39, 0.29) is 17.7 Å². The van der Waals surface area contributed by atoms with Gasteiger partial charge < -0.3 is 19.9 Å². The van der Waals surface area contributed by atoms with E-state index in [0.717, 1.165) is 12.8 Å². The van der Waals surface area contributed by atoms with E-state index in [2.05, 4.69) is 15.3 Å². The number of nitro benzene ring substituents is 1. The van der Waals surface area contributed by atoms with Gasteiger partial charge in [-0.05, 0) is 45.6 Å². The largest absolute Gasteiger partial charge is 0.444 e. The maximum atomic E-state index is 12.2. The molecule has 1 saturated heterocycles. The first-order chi connectivity index (χ1) is 12.7. The Balaban J connectivity index is 1.58. The van der Waals surface area contributed by atoms with E-state index >= 15 is 0 Å². The summed E-state index contributed by atoms with van der Waals surface area (Å²) in [5.74, 6) is 0.855. The monoisotopic (exact) mass is 375 g/mol. The second-order valence-corrected chi connectivity index (χ2v) is 7.86. The number of rotatable bonds is 4. The quantitative estimate of drug-likeness (QED) is 0.624. The topological polar surface area (TPSA) is 113 Å². The fraction of sp³-hybridized carbons (Fsp3) is 0.556. The number of benzene rings is 1. The van der Waals surface area contributed by atoms with Gasteiger partial charge in [-0.2, -0.15) is 0 Å². The number of nitrogens with zero attached hydrogens (tertiary/aromatic N) is 3. The number of hydrogen-bond donors (Lipinski definition) is 2. The van der Waals surface area contributed by atoms with Gasteiger partial charge in [-0.15, -0.1) is 0 Å². The molecular weight excluding hydrogens is 350 g/mol. The van der Waals surface area contributed by atoms with Crippen LogP contribution in [-0.2, 0) is 4.74 Å². The lowest BCUT2D eigenvalue weighted by Crippen LogP contribution is -2.44. The Hall–Kier alpha value is -2.84. The molecule has 0 saturated carbocycles. The highest BCUT2D eigenvalue weighted by Crippen LogP contribution is 2.22. The maximum Gasteiger partial charge on any atom is 0.410 e. The number of amides is 1. The van der Waals surface area contributed by atoms with Crippen LogP contribution in [0.2, 0.25) is 0 Å². The van der Waals surface area contributed by atoms with Gasteiger partial charge >= 0.3 is 6.09 Å². The highest BCUT2D eigenvalue weighted by Gasteiger charge is 2.27. The third-order valence-corrected chi connectivity index (χ3v) is 4.41. The van der Waals surface area contributed by atoms with Crippen LogP contribution in [0.1, 0.15) is 33.6 Å². The fourth-order valence-corrected chi connectivity index (χ4v) is 3.16. The number of non-ortho nitro benzene ring substituents is 1. The molecule has 1 fully saturated rings. The molecule has 9 nitrogen and oxygen atoms in total. The number of nitrogens with one attached hydrogen (secondary N) is 2.